The van der Waals surface area contributed by atoms with E-state index in [1.807, 2.05) is 30.3 Å². The molecule has 5 nitrogen and oxygen atoms in total. The van der Waals surface area contributed by atoms with Crippen molar-refractivity contribution in [3.63, 3.8) is 0 Å². The monoisotopic (exact) mass is 434 g/mol. The first-order valence-electron chi connectivity index (χ1n) is 10.2. The van der Waals surface area contributed by atoms with E-state index in [0.717, 1.165) is 11.1 Å². The summed E-state index contributed by atoms with van der Waals surface area (Å²) in [5, 5.41) is 0. The Kier molecular flexibility index (Phi) is 6.82. The second-order valence-electron chi connectivity index (χ2n) is 7.34. The third-order valence-corrected chi connectivity index (χ3v) is 4.93. The summed E-state index contributed by atoms with van der Waals surface area (Å²) in [6.07, 6.45) is 2.93. The number of Topliss-reactive ketones (excluding diaryl/α,β-unsaturated/α-hetero) is 1. The van der Waals surface area contributed by atoms with E-state index < -0.39 is 6.10 Å². The van der Waals surface area contributed by atoms with E-state index in [9.17, 15) is 9.18 Å². The lowest BCUT2D eigenvalue weighted by atomic mass is 10.1. The van der Waals surface area contributed by atoms with Gasteiger partial charge in [-0.25, -0.2) is 4.39 Å². The van der Waals surface area contributed by atoms with Crippen molar-refractivity contribution in [2.75, 3.05) is 13.7 Å². The topological polar surface area (TPSA) is 57.9 Å². The van der Waals surface area contributed by atoms with Gasteiger partial charge in [0.1, 0.15) is 36.3 Å². The number of benzene rings is 2. The molecule has 1 aliphatic heterocycles. The molecule has 1 aliphatic rings. The van der Waals surface area contributed by atoms with Crippen LogP contribution in [0.3, 0.4) is 0 Å². The minimum atomic E-state index is -0.973. The Morgan fingerprint density at radius 2 is 1.72 bits per heavy atom. The molecular formula is C26H23FO5. The predicted octanol–water partition coefficient (Wildman–Crippen LogP) is 5.22. The molecule has 0 fully saturated rings. The van der Waals surface area contributed by atoms with E-state index in [1.54, 1.807) is 43.5 Å². The van der Waals surface area contributed by atoms with Crippen molar-refractivity contribution >= 4 is 5.78 Å². The van der Waals surface area contributed by atoms with E-state index >= 15 is 0 Å². The van der Waals surface area contributed by atoms with Gasteiger partial charge in [-0.3, -0.25) is 4.79 Å². The van der Waals surface area contributed by atoms with Crippen LogP contribution in [-0.4, -0.2) is 25.6 Å². The van der Waals surface area contributed by atoms with Crippen molar-refractivity contribution in [3.8, 4) is 0 Å². The fourth-order valence-corrected chi connectivity index (χ4v) is 3.32. The first-order chi connectivity index (χ1) is 15.6. The number of hydrogen-bond acceptors (Lipinski definition) is 5. The van der Waals surface area contributed by atoms with Crippen LogP contribution in [0.5, 0.6) is 0 Å². The minimum Gasteiger partial charge on any atom is -0.489 e. The van der Waals surface area contributed by atoms with E-state index in [1.165, 1.54) is 12.1 Å². The Bertz CT molecular complexity index is 1110. The molecule has 4 rings (SSSR count). The van der Waals surface area contributed by atoms with Crippen LogP contribution in [0.4, 0.5) is 4.39 Å². The third-order valence-electron chi connectivity index (χ3n) is 4.93. The number of ketones is 1. The molecule has 2 aromatic carbocycles. The summed E-state index contributed by atoms with van der Waals surface area (Å²) < 4.78 is 35.8. The molecule has 0 radical (unpaired) electrons. The average Bonchev–Trinajstić information content (AvgIpc) is 3.28. The van der Waals surface area contributed by atoms with Gasteiger partial charge in [0.05, 0.1) is 0 Å². The molecule has 0 amide bonds. The number of rotatable bonds is 9. The second-order valence-corrected chi connectivity index (χ2v) is 7.34. The van der Waals surface area contributed by atoms with Crippen molar-refractivity contribution in [2.24, 2.45) is 0 Å². The number of hydrogen-bond donors (Lipinski definition) is 0. The zero-order valence-electron chi connectivity index (χ0n) is 17.6. The Morgan fingerprint density at radius 3 is 2.47 bits per heavy atom. The summed E-state index contributed by atoms with van der Waals surface area (Å²) in [4.78, 5) is 13.2. The lowest BCUT2D eigenvalue weighted by molar-refractivity contribution is 0.0331. The van der Waals surface area contributed by atoms with Crippen LogP contribution in [0, 0.1) is 5.82 Å². The number of methoxy groups -OCH3 is 1. The number of halogens is 1. The quantitative estimate of drug-likeness (QED) is 0.432. The van der Waals surface area contributed by atoms with Crippen LogP contribution in [0.25, 0.3) is 0 Å². The molecule has 0 saturated carbocycles. The van der Waals surface area contributed by atoms with Crippen LogP contribution in [0.15, 0.2) is 94.8 Å². The smallest absolute Gasteiger partial charge is 0.246 e. The normalized spacial score (nSPS) is 15.5. The lowest BCUT2D eigenvalue weighted by Gasteiger charge is -2.25. The van der Waals surface area contributed by atoms with Gasteiger partial charge in [-0.05, 0) is 47.5 Å². The van der Waals surface area contributed by atoms with Crippen LogP contribution < -0.4 is 0 Å². The molecule has 1 aromatic heterocycles. The highest BCUT2D eigenvalue weighted by molar-refractivity contribution is 5.99. The fraction of sp³-hybridized carbons (Fsp3) is 0.192. The second kappa shape index (κ2) is 10.1. The molecule has 164 valence electrons. The zero-order chi connectivity index (χ0) is 22.3. The summed E-state index contributed by atoms with van der Waals surface area (Å²) in [6, 6.07) is 19.2. The summed E-state index contributed by atoms with van der Waals surface area (Å²) >= 11 is 0. The van der Waals surface area contributed by atoms with Gasteiger partial charge in [0.15, 0.2) is 5.76 Å². The Balaban J connectivity index is 1.49. The van der Waals surface area contributed by atoms with Gasteiger partial charge in [-0.2, -0.15) is 0 Å². The van der Waals surface area contributed by atoms with E-state index in [-0.39, 0.29) is 24.0 Å². The van der Waals surface area contributed by atoms with Gasteiger partial charge in [0, 0.05) is 13.5 Å². The third kappa shape index (κ3) is 5.34. The fourth-order valence-electron chi connectivity index (χ4n) is 3.32. The number of carbonyl (C=O) groups excluding carboxylic acids is 1. The molecular weight excluding hydrogens is 411 g/mol. The van der Waals surface area contributed by atoms with Crippen LogP contribution in [0.1, 0.15) is 27.4 Å². The molecule has 0 aliphatic carbocycles. The molecule has 6 heteroatoms. The van der Waals surface area contributed by atoms with Gasteiger partial charge in [0.2, 0.25) is 11.9 Å². The highest BCUT2D eigenvalue weighted by atomic mass is 19.1. The number of furan rings is 1. The van der Waals surface area contributed by atoms with Crippen LogP contribution in [0.2, 0.25) is 0 Å². The van der Waals surface area contributed by atoms with Gasteiger partial charge >= 0.3 is 0 Å². The van der Waals surface area contributed by atoms with Crippen molar-refractivity contribution in [2.45, 2.75) is 19.1 Å². The Morgan fingerprint density at radius 1 is 0.938 bits per heavy atom. The van der Waals surface area contributed by atoms with E-state index in [0.29, 0.717) is 30.3 Å². The standard InChI is InChI=1S/C26H23FO5/c1-29-17-22-12-14-24(30-16-19-5-3-2-4-6-19)26(32-22)25(28)23-13-11-21(31-23)15-18-7-9-20(27)10-8-18/h2-14,26H,15-17H2,1H3. The molecule has 32 heavy (non-hydrogen) atoms. The molecule has 3 aromatic rings. The predicted molar refractivity (Wildman–Crippen MR) is 116 cm³/mol. The number of ether oxygens (including phenoxy) is 3. The largest absolute Gasteiger partial charge is 0.489 e. The maximum absolute atomic E-state index is 13.2. The molecule has 1 atom stereocenters. The SMILES string of the molecule is COCC1=CC=C(OCc2ccccc2)C(C(=O)c2ccc(Cc3ccc(F)cc3)o2)O1. The average molecular weight is 434 g/mol. The molecule has 0 spiro atoms. The summed E-state index contributed by atoms with van der Waals surface area (Å²) in [6.45, 7) is 0.543. The lowest BCUT2D eigenvalue weighted by Crippen LogP contribution is -2.30. The first-order valence-corrected chi connectivity index (χ1v) is 10.2. The molecule has 2 heterocycles. The maximum atomic E-state index is 13.2. The Hall–Kier alpha value is -3.64. The Labute approximate surface area is 185 Å². The summed E-state index contributed by atoms with van der Waals surface area (Å²) in [5.74, 6) is 1.04. The van der Waals surface area contributed by atoms with Gasteiger partial charge in [0.25, 0.3) is 0 Å². The van der Waals surface area contributed by atoms with E-state index in [4.69, 9.17) is 18.6 Å². The van der Waals surface area contributed by atoms with Crippen molar-refractivity contribution in [3.05, 3.63) is 119 Å². The van der Waals surface area contributed by atoms with Gasteiger partial charge < -0.3 is 18.6 Å². The maximum Gasteiger partial charge on any atom is 0.246 e. The number of allylic oxidation sites excluding steroid dienone is 2. The molecule has 0 saturated heterocycles. The van der Waals surface area contributed by atoms with Crippen LogP contribution >= 0.6 is 0 Å². The molecule has 1 unspecified atom stereocenters. The zero-order valence-corrected chi connectivity index (χ0v) is 17.6. The summed E-state index contributed by atoms with van der Waals surface area (Å²) in [7, 11) is 1.56. The highest BCUT2D eigenvalue weighted by Crippen LogP contribution is 2.25. The minimum absolute atomic E-state index is 0.167. The van der Waals surface area contributed by atoms with Gasteiger partial charge in [-0.1, -0.05) is 42.5 Å². The highest BCUT2D eigenvalue weighted by Gasteiger charge is 2.32. The number of carbonyl (C=O) groups is 1. The van der Waals surface area contributed by atoms with E-state index in [2.05, 4.69) is 0 Å². The van der Waals surface area contributed by atoms with Crippen LogP contribution in [-0.2, 0) is 27.2 Å². The van der Waals surface area contributed by atoms with Crippen molar-refractivity contribution < 1.29 is 27.8 Å². The van der Waals surface area contributed by atoms with Gasteiger partial charge in [-0.15, -0.1) is 0 Å². The molecule has 0 bridgehead atoms. The summed E-state index contributed by atoms with van der Waals surface area (Å²) in [5.41, 5.74) is 1.86. The van der Waals surface area contributed by atoms with Crippen molar-refractivity contribution in [1.82, 2.24) is 0 Å². The first kappa shape index (κ1) is 21.6. The van der Waals surface area contributed by atoms with Crippen molar-refractivity contribution in [1.29, 1.82) is 0 Å². The molecule has 0 N–H and O–H groups in total.